The maximum Gasteiger partial charge on any atom is 0.291 e. The molecule has 0 radical (unpaired) electrons. The summed E-state index contributed by atoms with van der Waals surface area (Å²) in [5.41, 5.74) is 1.32. The van der Waals surface area contributed by atoms with E-state index in [-0.39, 0.29) is 10.7 Å². The van der Waals surface area contributed by atoms with Crippen molar-refractivity contribution in [2.24, 2.45) is 0 Å². The topological polar surface area (TPSA) is 107 Å². The minimum absolute atomic E-state index is 0.0582. The lowest BCUT2D eigenvalue weighted by Gasteiger charge is -2.10. The third-order valence-electron chi connectivity index (χ3n) is 4.79. The van der Waals surface area contributed by atoms with Crippen LogP contribution >= 0.6 is 0 Å². The lowest BCUT2D eigenvalue weighted by atomic mass is 10.2. The Labute approximate surface area is 191 Å². The monoisotopic (exact) mass is 466 g/mol. The second-order valence-electron chi connectivity index (χ2n) is 7.03. The molecule has 170 valence electrons. The van der Waals surface area contributed by atoms with Crippen LogP contribution in [0.15, 0.2) is 82.1 Å². The van der Waals surface area contributed by atoms with E-state index in [9.17, 15) is 13.2 Å². The van der Waals surface area contributed by atoms with Gasteiger partial charge in [0.15, 0.2) is 17.1 Å². The highest BCUT2D eigenvalue weighted by Crippen LogP contribution is 2.29. The molecule has 0 bridgehead atoms. The average Bonchev–Trinajstić information content (AvgIpc) is 3.25. The van der Waals surface area contributed by atoms with Crippen molar-refractivity contribution in [1.82, 2.24) is 0 Å². The van der Waals surface area contributed by atoms with E-state index >= 15 is 0 Å². The quantitative estimate of drug-likeness (QED) is 0.383. The first-order valence-corrected chi connectivity index (χ1v) is 11.6. The van der Waals surface area contributed by atoms with Gasteiger partial charge in [-0.1, -0.05) is 12.1 Å². The van der Waals surface area contributed by atoms with Crippen LogP contribution < -0.4 is 19.5 Å². The molecular weight excluding hydrogens is 444 g/mol. The molecule has 0 aliphatic carbocycles. The molecule has 0 fully saturated rings. The summed E-state index contributed by atoms with van der Waals surface area (Å²) in [4.78, 5) is 12.7. The molecule has 1 aromatic heterocycles. The molecule has 0 atom stereocenters. The molecular formula is C24H22N2O6S. The highest BCUT2D eigenvalue weighted by Gasteiger charge is 2.17. The molecule has 8 nitrogen and oxygen atoms in total. The smallest absolute Gasteiger partial charge is 0.291 e. The summed E-state index contributed by atoms with van der Waals surface area (Å²) in [7, 11) is -2.27. The molecule has 0 aliphatic rings. The number of methoxy groups -OCH3 is 1. The number of benzene rings is 3. The van der Waals surface area contributed by atoms with Gasteiger partial charge in [-0.25, -0.2) is 8.42 Å². The van der Waals surface area contributed by atoms with E-state index in [0.29, 0.717) is 35.1 Å². The van der Waals surface area contributed by atoms with Crippen molar-refractivity contribution in [3.8, 4) is 11.5 Å². The summed E-state index contributed by atoms with van der Waals surface area (Å²) < 4.78 is 44.1. The van der Waals surface area contributed by atoms with Gasteiger partial charge < -0.3 is 19.2 Å². The van der Waals surface area contributed by atoms with Crippen molar-refractivity contribution in [2.75, 3.05) is 23.8 Å². The first-order chi connectivity index (χ1) is 15.9. The van der Waals surface area contributed by atoms with Crippen molar-refractivity contribution < 1.29 is 27.1 Å². The molecule has 0 saturated heterocycles. The summed E-state index contributed by atoms with van der Waals surface area (Å²) in [6.45, 7) is 2.40. The predicted molar refractivity (Wildman–Crippen MR) is 126 cm³/mol. The summed E-state index contributed by atoms with van der Waals surface area (Å²) >= 11 is 0. The lowest BCUT2D eigenvalue weighted by Crippen LogP contribution is -2.14. The van der Waals surface area contributed by atoms with E-state index in [0.717, 1.165) is 5.39 Å². The number of sulfonamides is 1. The third kappa shape index (κ3) is 4.93. The minimum atomic E-state index is -3.80. The molecule has 0 spiro atoms. The standard InChI is InChI=1S/C24H22N2O6S/c1-3-31-19-11-7-18(8-12-19)26-33(28,29)20-13-9-17(10-14-20)25-24(27)22-15-16-5-4-6-21(30-2)23(16)32-22/h4-15,26H,3H2,1-2H3,(H,25,27). The molecule has 0 saturated carbocycles. The molecule has 0 aliphatic heterocycles. The number of anilines is 2. The Morgan fingerprint density at radius 3 is 2.33 bits per heavy atom. The van der Waals surface area contributed by atoms with Crippen LogP contribution in [0.5, 0.6) is 11.5 Å². The highest BCUT2D eigenvalue weighted by molar-refractivity contribution is 7.92. The van der Waals surface area contributed by atoms with E-state index in [2.05, 4.69) is 10.0 Å². The van der Waals surface area contributed by atoms with Gasteiger partial charge in [-0.3, -0.25) is 9.52 Å². The fourth-order valence-corrected chi connectivity index (χ4v) is 4.28. The third-order valence-corrected chi connectivity index (χ3v) is 6.19. The number of amides is 1. The summed E-state index contributed by atoms with van der Waals surface area (Å²) in [6.07, 6.45) is 0. The van der Waals surface area contributed by atoms with Crippen LogP contribution in [0.4, 0.5) is 11.4 Å². The van der Waals surface area contributed by atoms with Gasteiger partial charge in [0.1, 0.15) is 5.75 Å². The Hall–Kier alpha value is -3.98. The predicted octanol–water partition coefficient (Wildman–Crippen LogP) is 4.89. The summed E-state index contributed by atoms with van der Waals surface area (Å²) in [5, 5.41) is 3.44. The molecule has 2 N–H and O–H groups in total. The lowest BCUT2D eigenvalue weighted by molar-refractivity contribution is 0.0998. The largest absolute Gasteiger partial charge is 0.494 e. The van der Waals surface area contributed by atoms with Gasteiger partial charge in [-0.05, 0) is 67.6 Å². The van der Waals surface area contributed by atoms with Gasteiger partial charge >= 0.3 is 0 Å². The van der Waals surface area contributed by atoms with Crippen LogP contribution in [-0.2, 0) is 10.0 Å². The fourth-order valence-electron chi connectivity index (χ4n) is 3.22. The second-order valence-corrected chi connectivity index (χ2v) is 8.71. The Kier molecular flexibility index (Phi) is 6.23. The number of fused-ring (bicyclic) bond motifs is 1. The molecule has 33 heavy (non-hydrogen) atoms. The maximum absolute atomic E-state index is 12.7. The Morgan fingerprint density at radius 2 is 1.67 bits per heavy atom. The van der Waals surface area contributed by atoms with E-state index in [4.69, 9.17) is 13.9 Å². The molecule has 9 heteroatoms. The molecule has 4 rings (SSSR count). The van der Waals surface area contributed by atoms with Gasteiger partial charge in [0.05, 0.1) is 18.6 Å². The first kappa shape index (κ1) is 22.2. The van der Waals surface area contributed by atoms with Crippen LogP contribution in [0.1, 0.15) is 17.5 Å². The fraction of sp³-hybridized carbons (Fsp3) is 0.125. The number of para-hydroxylation sites is 1. The van der Waals surface area contributed by atoms with Crippen LogP contribution in [0.25, 0.3) is 11.0 Å². The summed E-state index contributed by atoms with van der Waals surface area (Å²) in [5.74, 6) is 0.837. The zero-order chi connectivity index (χ0) is 23.4. The van der Waals surface area contributed by atoms with Crippen LogP contribution in [0.3, 0.4) is 0 Å². The van der Waals surface area contributed by atoms with Crippen LogP contribution in [0.2, 0.25) is 0 Å². The van der Waals surface area contributed by atoms with Crippen molar-refractivity contribution in [1.29, 1.82) is 0 Å². The first-order valence-electron chi connectivity index (χ1n) is 10.1. The number of hydrogen-bond donors (Lipinski definition) is 2. The van der Waals surface area contributed by atoms with Crippen LogP contribution in [-0.4, -0.2) is 28.0 Å². The number of ether oxygens (including phenoxy) is 2. The number of furan rings is 1. The molecule has 1 heterocycles. The second kappa shape index (κ2) is 9.25. The van der Waals surface area contributed by atoms with Crippen molar-refractivity contribution in [2.45, 2.75) is 11.8 Å². The Bertz CT molecular complexity index is 1380. The SMILES string of the molecule is CCOc1ccc(NS(=O)(=O)c2ccc(NC(=O)c3cc4cccc(OC)c4o3)cc2)cc1. The van der Waals surface area contributed by atoms with E-state index in [1.807, 2.05) is 13.0 Å². The zero-order valence-electron chi connectivity index (χ0n) is 18.0. The van der Waals surface area contributed by atoms with Crippen molar-refractivity contribution in [3.63, 3.8) is 0 Å². The van der Waals surface area contributed by atoms with E-state index in [1.165, 1.54) is 31.4 Å². The molecule has 1 amide bonds. The van der Waals surface area contributed by atoms with Gasteiger partial charge in [-0.2, -0.15) is 0 Å². The Balaban J connectivity index is 1.45. The van der Waals surface area contributed by atoms with Crippen molar-refractivity contribution >= 4 is 38.3 Å². The van der Waals surface area contributed by atoms with Crippen LogP contribution in [0, 0.1) is 0 Å². The normalized spacial score (nSPS) is 11.2. The number of carbonyl (C=O) groups is 1. The highest BCUT2D eigenvalue weighted by atomic mass is 32.2. The average molecular weight is 467 g/mol. The van der Waals surface area contributed by atoms with Crippen molar-refractivity contribution in [3.05, 3.63) is 78.6 Å². The summed E-state index contributed by atoms with van der Waals surface area (Å²) in [6, 6.07) is 19.4. The minimum Gasteiger partial charge on any atom is -0.494 e. The number of hydrogen-bond acceptors (Lipinski definition) is 6. The number of rotatable bonds is 8. The Morgan fingerprint density at radius 1 is 0.970 bits per heavy atom. The van der Waals surface area contributed by atoms with E-state index in [1.54, 1.807) is 42.5 Å². The number of nitrogens with one attached hydrogen (secondary N) is 2. The maximum atomic E-state index is 12.7. The van der Waals surface area contributed by atoms with Gasteiger partial charge in [0, 0.05) is 16.8 Å². The molecule has 0 unspecified atom stereocenters. The molecule has 4 aromatic rings. The molecule has 3 aromatic carbocycles. The van der Waals surface area contributed by atoms with Gasteiger partial charge in [-0.15, -0.1) is 0 Å². The van der Waals surface area contributed by atoms with E-state index < -0.39 is 15.9 Å². The van der Waals surface area contributed by atoms with Gasteiger partial charge in [0.25, 0.3) is 15.9 Å². The van der Waals surface area contributed by atoms with Gasteiger partial charge in [0.2, 0.25) is 0 Å². The zero-order valence-corrected chi connectivity index (χ0v) is 18.8. The number of carbonyl (C=O) groups excluding carboxylic acids is 1.